The highest BCUT2D eigenvalue weighted by atomic mass is 15.0. The maximum absolute atomic E-state index is 3.41. The Kier molecular flexibility index (Phi) is 1.31. The zero-order valence-electron chi connectivity index (χ0n) is 5.99. The van der Waals surface area contributed by atoms with Gasteiger partial charge in [-0.05, 0) is 18.4 Å². The molecule has 1 rings (SSSR count). The molecule has 0 amide bonds. The Hall–Kier alpha value is -0.0400. The third kappa shape index (κ3) is 1.03. The average Bonchev–Trinajstić information content (AvgIpc) is 2.15. The molecule has 0 unspecified atom stereocenters. The molecule has 0 aromatic rings. The molecular formula is C7H15N. The summed E-state index contributed by atoms with van der Waals surface area (Å²) >= 11 is 0. The van der Waals surface area contributed by atoms with Gasteiger partial charge in [0, 0.05) is 6.04 Å². The van der Waals surface area contributed by atoms with E-state index >= 15 is 0 Å². The second-order valence-electron chi connectivity index (χ2n) is 3.30. The van der Waals surface area contributed by atoms with E-state index in [1.54, 1.807) is 0 Å². The van der Waals surface area contributed by atoms with Crippen molar-refractivity contribution < 1.29 is 0 Å². The molecule has 1 nitrogen and oxygen atoms in total. The van der Waals surface area contributed by atoms with Crippen molar-refractivity contribution in [1.82, 2.24) is 5.32 Å². The van der Waals surface area contributed by atoms with Crippen molar-refractivity contribution in [2.45, 2.75) is 33.2 Å². The van der Waals surface area contributed by atoms with Gasteiger partial charge in [0.15, 0.2) is 0 Å². The van der Waals surface area contributed by atoms with Gasteiger partial charge < -0.3 is 5.32 Å². The smallest absolute Gasteiger partial charge is 0.0124 e. The molecule has 1 aliphatic carbocycles. The standard InChI is InChI=1S/C7H15N/c1-4-8-6-5-7(6,2)3/h6,8H,4-5H2,1-3H3/t6-/m1/s1. The first-order valence-electron chi connectivity index (χ1n) is 3.40. The Morgan fingerprint density at radius 3 is 2.25 bits per heavy atom. The first-order valence-corrected chi connectivity index (χ1v) is 3.40. The van der Waals surface area contributed by atoms with Crippen LogP contribution in [0.25, 0.3) is 0 Å². The lowest BCUT2D eigenvalue weighted by Crippen LogP contribution is -2.19. The first kappa shape index (κ1) is 6.09. The summed E-state index contributed by atoms with van der Waals surface area (Å²) in [5, 5.41) is 3.41. The van der Waals surface area contributed by atoms with Crippen LogP contribution >= 0.6 is 0 Å². The van der Waals surface area contributed by atoms with Crippen LogP contribution in [-0.2, 0) is 0 Å². The summed E-state index contributed by atoms with van der Waals surface area (Å²) in [5.74, 6) is 0. The van der Waals surface area contributed by atoms with Gasteiger partial charge in [0.05, 0.1) is 0 Å². The van der Waals surface area contributed by atoms with Crippen LogP contribution in [0, 0.1) is 5.41 Å². The molecule has 0 bridgehead atoms. The zero-order valence-corrected chi connectivity index (χ0v) is 5.99. The zero-order chi connectivity index (χ0) is 6.20. The van der Waals surface area contributed by atoms with Crippen LogP contribution in [0.3, 0.4) is 0 Å². The highest BCUT2D eigenvalue weighted by molar-refractivity contribution is 5.00. The Morgan fingerprint density at radius 2 is 2.12 bits per heavy atom. The maximum atomic E-state index is 3.41. The summed E-state index contributed by atoms with van der Waals surface area (Å²) in [7, 11) is 0. The summed E-state index contributed by atoms with van der Waals surface area (Å²) in [4.78, 5) is 0. The molecule has 0 radical (unpaired) electrons. The van der Waals surface area contributed by atoms with Gasteiger partial charge in [-0.2, -0.15) is 0 Å². The Balaban J connectivity index is 2.17. The number of nitrogens with one attached hydrogen (secondary N) is 1. The number of hydrogen-bond acceptors (Lipinski definition) is 1. The van der Waals surface area contributed by atoms with Gasteiger partial charge in [-0.1, -0.05) is 20.8 Å². The van der Waals surface area contributed by atoms with E-state index < -0.39 is 0 Å². The van der Waals surface area contributed by atoms with Crippen LogP contribution in [0.1, 0.15) is 27.2 Å². The highest BCUT2D eigenvalue weighted by Gasteiger charge is 2.44. The molecule has 0 aliphatic heterocycles. The van der Waals surface area contributed by atoms with Gasteiger partial charge in [0.1, 0.15) is 0 Å². The van der Waals surface area contributed by atoms with E-state index in [1.807, 2.05) is 0 Å². The average molecular weight is 113 g/mol. The largest absolute Gasteiger partial charge is 0.314 e. The fraction of sp³-hybridized carbons (Fsp3) is 1.00. The van der Waals surface area contributed by atoms with Gasteiger partial charge in [0.2, 0.25) is 0 Å². The lowest BCUT2D eigenvalue weighted by molar-refractivity contribution is 0.553. The second-order valence-corrected chi connectivity index (χ2v) is 3.30. The molecular weight excluding hydrogens is 98.1 g/mol. The minimum atomic E-state index is 0.607. The molecule has 1 saturated carbocycles. The lowest BCUT2D eigenvalue weighted by Gasteiger charge is -2.01. The van der Waals surface area contributed by atoms with Crippen LogP contribution in [0.15, 0.2) is 0 Å². The summed E-state index contributed by atoms with van der Waals surface area (Å²) in [6.45, 7) is 7.89. The van der Waals surface area contributed by atoms with E-state index in [9.17, 15) is 0 Å². The van der Waals surface area contributed by atoms with E-state index in [2.05, 4.69) is 26.1 Å². The predicted octanol–water partition coefficient (Wildman–Crippen LogP) is 1.39. The SMILES string of the molecule is CCN[C@@H]1CC1(C)C. The molecule has 0 heterocycles. The van der Waals surface area contributed by atoms with Gasteiger partial charge in [-0.25, -0.2) is 0 Å². The van der Waals surface area contributed by atoms with E-state index in [0.29, 0.717) is 5.41 Å². The van der Waals surface area contributed by atoms with Crippen molar-refractivity contribution >= 4 is 0 Å². The van der Waals surface area contributed by atoms with Gasteiger partial charge in [-0.15, -0.1) is 0 Å². The normalized spacial score (nSPS) is 32.6. The van der Waals surface area contributed by atoms with E-state index in [0.717, 1.165) is 12.6 Å². The minimum Gasteiger partial charge on any atom is -0.314 e. The molecule has 48 valence electrons. The first-order chi connectivity index (χ1) is 3.67. The topological polar surface area (TPSA) is 12.0 Å². The van der Waals surface area contributed by atoms with Gasteiger partial charge in [-0.3, -0.25) is 0 Å². The Morgan fingerprint density at radius 1 is 1.62 bits per heavy atom. The monoisotopic (exact) mass is 113 g/mol. The van der Waals surface area contributed by atoms with E-state index in [1.165, 1.54) is 6.42 Å². The Labute approximate surface area is 51.5 Å². The van der Waals surface area contributed by atoms with Crippen LogP contribution in [-0.4, -0.2) is 12.6 Å². The van der Waals surface area contributed by atoms with Crippen molar-refractivity contribution in [3.8, 4) is 0 Å². The van der Waals surface area contributed by atoms with Crippen LogP contribution in [0.2, 0.25) is 0 Å². The quantitative estimate of drug-likeness (QED) is 0.570. The van der Waals surface area contributed by atoms with Crippen molar-refractivity contribution in [3.63, 3.8) is 0 Å². The highest BCUT2D eigenvalue weighted by Crippen LogP contribution is 2.44. The molecule has 1 fully saturated rings. The summed E-state index contributed by atoms with van der Waals surface area (Å²) in [6, 6.07) is 0.812. The third-order valence-corrected chi connectivity index (χ3v) is 1.96. The fourth-order valence-electron chi connectivity index (χ4n) is 1.06. The summed E-state index contributed by atoms with van der Waals surface area (Å²) in [5.41, 5.74) is 0.607. The third-order valence-electron chi connectivity index (χ3n) is 1.96. The number of rotatable bonds is 2. The van der Waals surface area contributed by atoms with E-state index in [-0.39, 0.29) is 0 Å². The van der Waals surface area contributed by atoms with Crippen molar-refractivity contribution in [2.75, 3.05) is 6.54 Å². The maximum Gasteiger partial charge on any atom is 0.0124 e. The minimum absolute atomic E-state index is 0.607. The summed E-state index contributed by atoms with van der Waals surface area (Å²) < 4.78 is 0. The molecule has 0 aromatic heterocycles. The molecule has 1 aliphatic rings. The van der Waals surface area contributed by atoms with Crippen LogP contribution < -0.4 is 5.32 Å². The molecule has 1 heteroatoms. The van der Waals surface area contributed by atoms with Crippen LogP contribution in [0.5, 0.6) is 0 Å². The second kappa shape index (κ2) is 1.73. The van der Waals surface area contributed by atoms with Crippen molar-refractivity contribution in [2.24, 2.45) is 5.41 Å². The lowest BCUT2D eigenvalue weighted by atomic mass is 10.2. The van der Waals surface area contributed by atoms with Gasteiger partial charge >= 0.3 is 0 Å². The molecule has 0 aromatic carbocycles. The van der Waals surface area contributed by atoms with E-state index in [4.69, 9.17) is 0 Å². The van der Waals surface area contributed by atoms with Crippen molar-refractivity contribution in [1.29, 1.82) is 0 Å². The molecule has 0 saturated heterocycles. The predicted molar refractivity (Wildman–Crippen MR) is 35.9 cm³/mol. The molecule has 0 spiro atoms. The number of hydrogen-bond donors (Lipinski definition) is 1. The summed E-state index contributed by atoms with van der Waals surface area (Å²) in [6.07, 6.45) is 1.36. The molecule has 8 heavy (non-hydrogen) atoms. The van der Waals surface area contributed by atoms with Gasteiger partial charge in [0.25, 0.3) is 0 Å². The molecule has 1 atom stereocenters. The van der Waals surface area contributed by atoms with Crippen molar-refractivity contribution in [3.05, 3.63) is 0 Å². The van der Waals surface area contributed by atoms with Crippen LogP contribution in [0.4, 0.5) is 0 Å². The Bertz CT molecular complexity index is 86.4. The fourth-order valence-corrected chi connectivity index (χ4v) is 1.06. The molecule has 1 N–H and O–H groups in total.